The van der Waals surface area contributed by atoms with Crippen LogP contribution < -0.4 is 15.5 Å². The van der Waals surface area contributed by atoms with Crippen LogP contribution in [0.2, 0.25) is 0 Å². The Morgan fingerprint density at radius 2 is 2.04 bits per heavy atom. The van der Waals surface area contributed by atoms with E-state index in [0.29, 0.717) is 5.75 Å². The number of carbonyl (C=O) groups excluding carboxylic acids is 2. The minimum Gasteiger partial charge on any atom is -0.496 e. The average Bonchev–Trinajstić information content (AvgIpc) is 2.63. The minimum absolute atomic E-state index is 0.0497. The fourth-order valence-corrected chi connectivity index (χ4v) is 3.50. The van der Waals surface area contributed by atoms with Crippen molar-refractivity contribution in [1.29, 1.82) is 0 Å². The highest BCUT2D eigenvalue weighted by atomic mass is 32.2. The van der Waals surface area contributed by atoms with Gasteiger partial charge in [0, 0.05) is 16.9 Å². The predicted molar refractivity (Wildman–Crippen MR) is 98.1 cm³/mol. The molecule has 0 saturated carbocycles. The number of methoxy groups -OCH3 is 1. The van der Waals surface area contributed by atoms with Gasteiger partial charge in [0.1, 0.15) is 5.75 Å². The molecular weight excluding hydrogens is 338 g/mol. The lowest BCUT2D eigenvalue weighted by molar-refractivity contribution is -0.124. The smallest absolute Gasteiger partial charge is 0.241 e. The van der Waals surface area contributed by atoms with Crippen LogP contribution in [0.15, 0.2) is 58.5 Å². The van der Waals surface area contributed by atoms with Crippen LogP contribution in [0, 0.1) is 0 Å². The van der Waals surface area contributed by atoms with Gasteiger partial charge in [-0.25, -0.2) is 5.43 Å². The van der Waals surface area contributed by atoms with Crippen LogP contribution in [0.3, 0.4) is 0 Å². The quantitative estimate of drug-likeness (QED) is 0.638. The number of rotatable bonds is 5. The molecule has 7 heteroatoms. The van der Waals surface area contributed by atoms with E-state index in [1.807, 2.05) is 48.5 Å². The first-order chi connectivity index (χ1) is 12.2. The first-order valence-electron chi connectivity index (χ1n) is 7.69. The lowest BCUT2D eigenvalue weighted by Gasteiger charge is -2.23. The lowest BCUT2D eigenvalue weighted by atomic mass is 10.2. The van der Waals surface area contributed by atoms with Gasteiger partial charge in [-0.15, -0.1) is 11.8 Å². The summed E-state index contributed by atoms with van der Waals surface area (Å²) in [5.41, 5.74) is 3.99. The summed E-state index contributed by atoms with van der Waals surface area (Å²) in [5, 5.41) is 6.28. The molecule has 1 heterocycles. The summed E-state index contributed by atoms with van der Waals surface area (Å²) in [6.07, 6.45) is 1.56. The van der Waals surface area contributed by atoms with Gasteiger partial charge in [0.25, 0.3) is 0 Å². The van der Waals surface area contributed by atoms with E-state index >= 15 is 0 Å². The molecule has 0 bridgehead atoms. The van der Waals surface area contributed by atoms with Gasteiger partial charge in [0.2, 0.25) is 11.8 Å². The van der Waals surface area contributed by atoms with Crippen LogP contribution in [-0.4, -0.2) is 30.4 Å². The third kappa shape index (κ3) is 4.19. The Hall–Kier alpha value is -2.80. The Labute approximate surface area is 149 Å². The predicted octanol–water partition coefficient (Wildman–Crippen LogP) is 2.65. The maximum absolute atomic E-state index is 12.1. The molecule has 0 radical (unpaired) electrons. The van der Waals surface area contributed by atoms with Crippen molar-refractivity contribution in [3.63, 3.8) is 0 Å². The van der Waals surface area contributed by atoms with Crippen LogP contribution in [0.1, 0.15) is 12.0 Å². The molecule has 2 aromatic rings. The number of anilines is 1. The van der Waals surface area contributed by atoms with Crippen molar-refractivity contribution < 1.29 is 14.3 Å². The first-order valence-corrected chi connectivity index (χ1v) is 8.57. The van der Waals surface area contributed by atoms with E-state index in [9.17, 15) is 9.59 Å². The Morgan fingerprint density at radius 1 is 1.28 bits per heavy atom. The van der Waals surface area contributed by atoms with E-state index in [4.69, 9.17) is 4.74 Å². The van der Waals surface area contributed by atoms with E-state index in [0.717, 1.165) is 16.1 Å². The third-order valence-electron chi connectivity index (χ3n) is 3.61. The van der Waals surface area contributed by atoms with Gasteiger partial charge in [-0.3, -0.25) is 9.59 Å². The van der Waals surface area contributed by atoms with E-state index in [-0.39, 0.29) is 18.2 Å². The van der Waals surface area contributed by atoms with Crippen LogP contribution in [0.4, 0.5) is 5.69 Å². The Kier molecular flexibility index (Phi) is 5.35. The van der Waals surface area contributed by atoms with E-state index in [1.165, 1.54) is 18.0 Å². The summed E-state index contributed by atoms with van der Waals surface area (Å²) in [4.78, 5) is 25.1. The number of hydrazone groups is 1. The number of carbonyl (C=O) groups is 2. The standard InChI is InChI=1S/C18H17N3O3S/c1-24-14-8-4-2-6-12(14)11-19-21-17(22)10-16-18(23)20-13-7-3-5-9-15(13)25-16/h2-9,11,16H,10H2,1H3,(H,20,23)(H,21,22)/b19-11-/t16-/m0/s1. The molecule has 1 atom stereocenters. The number of benzene rings is 2. The largest absolute Gasteiger partial charge is 0.496 e. The topological polar surface area (TPSA) is 79.8 Å². The van der Waals surface area contributed by atoms with Crippen LogP contribution in [-0.2, 0) is 9.59 Å². The zero-order valence-corrected chi connectivity index (χ0v) is 14.4. The Balaban J connectivity index is 1.58. The van der Waals surface area contributed by atoms with Crippen molar-refractivity contribution in [2.75, 3.05) is 12.4 Å². The highest BCUT2D eigenvalue weighted by Crippen LogP contribution is 2.36. The van der Waals surface area contributed by atoms with Crippen molar-refractivity contribution >= 4 is 35.5 Å². The molecule has 0 spiro atoms. The van der Waals surface area contributed by atoms with E-state index in [1.54, 1.807) is 7.11 Å². The first kappa shape index (κ1) is 17.0. The molecular formula is C18H17N3O3S. The number of para-hydroxylation sites is 2. The number of ether oxygens (including phenoxy) is 1. The molecule has 0 aliphatic carbocycles. The summed E-state index contributed by atoms with van der Waals surface area (Å²) in [6.45, 7) is 0. The minimum atomic E-state index is -0.476. The molecule has 0 aromatic heterocycles. The van der Waals surface area contributed by atoms with Crippen LogP contribution in [0.5, 0.6) is 5.75 Å². The summed E-state index contributed by atoms with van der Waals surface area (Å²) in [7, 11) is 1.57. The van der Waals surface area contributed by atoms with Gasteiger partial charge >= 0.3 is 0 Å². The summed E-state index contributed by atoms with van der Waals surface area (Å²) in [6, 6.07) is 14.9. The van der Waals surface area contributed by atoms with Crippen molar-refractivity contribution in [1.82, 2.24) is 5.43 Å². The molecule has 2 N–H and O–H groups in total. The zero-order chi connectivity index (χ0) is 17.6. The molecule has 0 saturated heterocycles. The second kappa shape index (κ2) is 7.85. The van der Waals surface area contributed by atoms with Gasteiger partial charge < -0.3 is 10.1 Å². The average molecular weight is 355 g/mol. The summed E-state index contributed by atoms with van der Waals surface area (Å²) in [5.74, 6) is 0.171. The molecule has 2 amide bonds. The fraction of sp³-hybridized carbons (Fsp3) is 0.167. The highest BCUT2D eigenvalue weighted by molar-refractivity contribution is 8.01. The monoisotopic (exact) mass is 355 g/mol. The van der Waals surface area contributed by atoms with E-state index < -0.39 is 5.25 Å². The molecule has 128 valence electrons. The lowest BCUT2D eigenvalue weighted by Crippen LogP contribution is -2.33. The maximum atomic E-state index is 12.1. The van der Waals surface area contributed by atoms with Crippen LogP contribution in [0.25, 0.3) is 0 Å². The molecule has 1 aliphatic rings. The fourth-order valence-electron chi connectivity index (χ4n) is 2.39. The molecule has 0 unspecified atom stereocenters. The molecule has 3 rings (SSSR count). The van der Waals surface area contributed by atoms with Gasteiger partial charge in [-0.05, 0) is 24.3 Å². The summed E-state index contributed by atoms with van der Waals surface area (Å²) >= 11 is 1.38. The van der Waals surface area contributed by atoms with Gasteiger partial charge in [-0.1, -0.05) is 24.3 Å². The second-order valence-corrected chi connectivity index (χ2v) is 6.58. The molecule has 1 aliphatic heterocycles. The molecule has 2 aromatic carbocycles. The maximum Gasteiger partial charge on any atom is 0.241 e. The van der Waals surface area contributed by atoms with Crippen molar-refractivity contribution in [3.8, 4) is 5.75 Å². The van der Waals surface area contributed by atoms with Crippen LogP contribution >= 0.6 is 11.8 Å². The van der Waals surface area contributed by atoms with Gasteiger partial charge in [0.05, 0.1) is 24.3 Å². The Morgan fingerprint density at radius 3 is 2.88 bits per heavy atom. The summed E-state index contributed by atoms with van der Waals surface area (Å²) < 4.78 is 5.21. The zero-order valence-electron chi connectivity index (χ0n) is 13.6. The van der Waals surface area contributed by atoms with Gasteiger partial charge in [0.15, 0.2) is 0 Å². The van der Waals surface area contributed by atoms with E-state index in [2.05, 4.69) is 15.8 Å². The van der Waals surface area contributed by atoms with Crippen molar-refractivity contribution in [2.45, 2.75) is 16.6 Å². The van der Waals surface area contributed by atoms with Gasteiger partial charge in [-0.2, -0.15) is 5.10 Å². The highest BCUT2D eigenvalue weighted by Gasteiger charge is 2.28. The number of thioether (sulfide) groups is 1. The second-order valence-electron chi connectivity index (χ2n) is 5.33. The normalized spacial score (nSPS) is 16.2. The molecule has 6 nitrogen and oxygen atoms in total. The number of fused-ring (bicyclic) bond motifs is 1. The number of hydrogen-bond donors (Lipinski definition) is 2. The van der Waals surface area contributed by atoms with Crippen molar-refractivity contribution in [2.24, 2.45) is 5.10 Å². The molecule has 0 fully saturated rings. The number of amides is 2. The molecule has 25 heavy (non-hydrogen) atoms. The number of nitrogens with one attached hydrogen (secondary N) is 2. The Bertz CT molecular complexity index is 823. The third-order valence-corrected chi connectivity index (χ3v) is 4.88. The SMILES string of the molecule is COc1ccccc1/C=N\NC(=O)C[C@@H]1Sc2ccccc2NC1=O. The number of hydrogen-bond acceptors (Lipinski definition) is 5. The van der Waals surface area contributed by atoms with Crippen molar-refractivity contribution in [3.05, 3.63) is 54.1 Å². The number of nitrogens with zero attached hydrogens (tertiary/aromatic N) is 1.